The van der Waals surface area contributed by atoms with E-state index in [0.29, 0.717) is 12.6 Å². The molecule has 0 spiro atoms. The van der Waals surface area contributed by atoms with E-state index in [0.717, 1.165) is 40.7 Å². The number of nitrogen functional groups attached to an aromatic ring is 1. The van der Waals surface area contributed by atoms with Crippen LogP contribution in [-0.4, -0.2) is 18.5 Å². The lowest BCUT2D eigenvalue weighted by molar-refractivity contribution is 0.292. The van der Waals surface area contributed by atoms with Crippen LogP contribution in [0.1, 0.15) is 32.6 Å². The second kappa shape index (κ2) is 4.93. The average molecular weight is 285 g/mol. The van der Waals surface area contributed by atoms with E-state index in [1.807, 2.05) is 18.2 Å². The van der Waals surface area contributed by atoms with E-state index in [1.165, 1.54) is 25.7 Å². The molecule has 4 heteroatoms. The predicted molar refractivity (Wildman–Crippen MR) is 85.8 cm³/mol. The highest BCUT2D eigenvalue weighted by atomic mass is 16.5. The first-order valence-corrected chi connectivity index (χ1v) is 8.05. The standard InChI is InChI=1S/C17H23N3O/c1-10(14-7-11-2-3-12(14)6-11)19-17-9-21-16-5-4-13(18)8-15(16)20-17/h4-5,8,10-12,14H,2-3,6-7,9,18H2,1H3,(H,19,20). The number of aliphatic imine (C=N–C) groups is 1. The van der Waals surface area contributed by atoms with E-state index >= 15 is 0 Å². The Kier molecular flexibility index (Phi) is 3.05. The summed E-state index contributed by atoms with van der Waals surface area (Å²) in [5.74, 6) is 4.43. The smallest absolute Gasteiger partial charge is 0.146 e. The Hall–Kier alpha value is -1.71. The Labute approximate surface area is 125 Å². The number of rotatable bonds is 2. The molecule has 112 valence electrons. The number of hydrogen-bond donors (Lipinski definition) is 2. The van der Waals surface area contributed by atoms with E-state index < -0.39 is 0 Å². The Morgan fingerprint density at radius 1 is 1.33 bits per heavy atom. The van der Waals surface area contributed by atoms with Crippen LogP contribution in [0.15, 0.2) is 23.2 Å². The number of nitrogens with two attached hydrogens (primary N) is 1. The Morgan fingerprint density at radius 3 is 3.00 bits per heavy atom. The predicted octanol–water partition coefficient (Wildman–Crippen LogP) is 3.30. The molecule has 4 rings (SSSR count). The molecule has 0 amide bonds. The normalized spacial score (nSPS) is 33.4. The number of hydrogen-bond acceptors (Lipinski definition) is 3. The molecule has 2 fully saturated rings. The minimum atomic E-state index is 0.383. The van der Waals surface area contributed by atoms with Crippen molar-refractivity contribution in [3.05, 3.63) is 18.2 Å². The molecule has 0 radical (unpaired) electrons. The largest absolute Gasteiger partial charge is 0.484 e. The first kappa shape index (κ1) is 13.0. The average Bonchev–Trinajstić information content (AvgIpc) is 3.09. The summed E-state index contributed by atoms with van der Waals surface area (Å²) in [6.07, 6.45) is 5.66. The van der Waals surface area contributed by atoms with E-state index in [-0.39, 0.29) is 0 Å². The van der Waals surface area contributed by atoms with Crippen LogP contribution in [0.2, 0.25) is 0 Å². The van der Waals surface area contributed by atoms with Crippen molar-refractivity contribution >= 4 is 17.2 Å². The van der Waals surface area contributed by atoms with E-state index in [1.54, 1.807) is 0 Å². The second-order valence-electron chi connectivity index (χ2n) is 6.82. The second-order valence-corrected chi connectivity index (χ2v) is 6.82. The number of nitrogens with zero attached hydrogens (tertiary/aromatic N) is 1. The summed E-state index contributed by atoms with van der Waals surface area (Å²) >= 11 is 0. The van der Waals surface area contributed by atoms with Crippen LogP contribution >= 0.6 is 0 Å². The molecule has 3 N–H and O–H groups in total. The minimum absolute atomic E-state index is 0.383. The first-order chi connectivity index (χ1) is 10.2. The molecule has 21 heavy (non-hydrogen) atoms. The van der Waals surface area contributed by atoms with Crippen LogP contribution in [0.25, 0.3) is 0 Å². The Balaban J connectivity index is 1.49. The van der Waals surface area contributed by atoms with Gasteiger partial charge in [0.15, 0.2) is 0 Å². The molecule has 0 saturated heterocycles. The first-order valence-electron chi connectivity index (χ1n) is 8.05. The summed E-state index contributed by atoms with van der Waals surface area (Å²) in [5, 5.41) is 3.38. The molecule has 1 heterocycles. The molecular formula is C17H23N3O. The number of anilines is 2. The zero-order chi connectivity index (χ0) is 14.4. The number of fused-ring (bicyclic) bond motifs is 3. The number of nitrogens with one attached hydrogen (secondary N) is 1. The number of ether oxygens (including phenoxy) is 1. The topological polar surface area (TPSA) is 59.6 Å². The quantitative estimate of drug-likeness (QED) is 0.820. The van der Waals surface area contributed by atoms with Gasteiger partial charge in [0.1, 0.15) is 18.2 Å². The molecule has 2 saturated carbocycles. The van der Waals surface area contributed by atoms with Gasteiger partial charge in [0.2, 0.25) is 0 Å². The van der Waals surface area contributed by atoms with Crippen molar-refractivity contribution in [2.24, 2.45) is 22.7 Å². The van der Waals surface area contributed by atoms with Crippen LogP contribution < -0.4 is 15.8 Å². The van der Waals surface area contributed by atoms with Crippen LogP contribution in [0.4, 0.5) is 11.4 Å². The minimum Gasteiger partial charge on any atom is -0.484 e. The molecule has 4 atom stereocenters. The van der Waals surface area contributed by atoms with Crippen molar-refractivity contribution in [1.82, 2.24) is 0 Å². The number of amidine groups is 1. The molecule has 1 aromatic rings. The maximum atomic E-state index is 5.83. The molecule has 4 nitrogen and oxygen atoms in total. The summed E-state index contributed by atoms with van der Waals surface area (Å²) in [5.41, 5.74) is 7.51. The monoisotopic (exact) mass is 285 g/mol. The maximum Gasteiger partial charge on any atom is 0.146 e. The van der Waals surface area contributed by atoms with Crippen LogP contribution in [0, 0.1) is 17.8 Å². The lowest BCUT2D eigenvalue weighted by Gasteiger charge is -2.27. The van der Waals surface area contributed by atoms with Crippen LogP contribution in [0.5, 0.6) is 5.75 Å². The molecule has 2 aliphatic carbocycles. The van der Waals surface area contributed by atoms with Crippen molar-refractivity contribution in [2.45, 2.75) is 38.6 Å². The van der Waals surface area contributed by atoms with Gasteiger partial charge in [-0.3, -0.25) is 4.99 Å². The Morgan fingerprint density at radius 2 is 2.24 bits per heavy atom. The lowest BCUT2D eigenvalue weighted by Crippen LogP contribution is -2.30. The third-order valence-corrected chi connectivity index (χ3v) is 5.42. The van der Waals surface area contributed by atoms with Crippen molar-refractivity contribution in [1.29, 1.82) is 0 Å². The molecule has 1 aliphatic heterocycles. The summed E-state index contributed by atoms with van der Waals surface area (Å²) in [6, 6.07) is 6.06. The van der Waals surface area contributed by atoms with Gasteiger partial charge in [0.25, 0.3) is 0 Å². The molecule has 2 bridgehead atoms. The molecular weight excluding hydrogens is 262 g/mol. The van der Waals surface area contributed by atoms with E-state index in [4.69, 9.17) is 15.5 Å². The highest BCUT2D eigenvalue weighted by Gasteiger charge is 2.41. The summed E-state index contributed by atoms with van der Waals surface area (Å²) in [6.45, 7) is 2.79. The number of benzene rings is 1. The SMILES string of the molecule is CC(N=C1COc2ccc(N)cc2N1)C1CC2CCC1C2. The third kappa shape index (κ3) is 2.37. The molecule has 1 aromatic carbocycles. The highest BCUT2D eigenvalue weighted by Crippen LogP contribution is 2.50. The van der Waals surface area contributed by atoms with Gasteiger partial charge in [-0.05, 0) is 62.1 Å². The highest BCUT2D eigenvalue weighted by molar-refractivity contribution is 6.00. The van der Waals surface area contributed by atoms with Crippen molar-refractivity contribution in [2.75, 3.05) is 17.7 Å². The summed E-state index contributed by atoms with van der Waals surface area (Å²) in [7, 11) is 0. The lowest BCUT2D eigenvalue weighted by atomic mass is 9.84. The maximum absolute atomic E-state index is 5.83. The zero-order valence-electron chi connectivity index (χ0n) is 12.5. The zero-order valence-corrected chi connectivity index (χ0v) is 12.5. The molecule has 4 unspecified atom stereocenters. The Bertz CT molecular complexity index is 583. The fourth-order valence-electron chi connectivity index (χ4n) is 4.40. The van der Waals surface area contributed by atoms with Crippen LogP contribution in [-0.2, 0) is 0 Å². The van der Waals surface area contributed by atoms with Gasteiger partial charge >= 0.3 is 0 Å². The fourth-order valence-corrected chi connectivity index (χ4v) is 4.40. The molecule has 3 aliphatic rings. The van der Waals surface area contributed by atoms with E-state index in [2.05, 4.69) is 12.2 Å². The van der Waals surface area contributed by atoms with Crippen LogP contribution in [0.3, 0.4) is 0 Å². The van der Waals surface area contributed by atoms with Gasteiger partial charge in [-0.25, -0.2) is 0 Å². The van der Waals surface area contributed by atoms with E-state index in [9.17, 15) is 0 Å². The third-order valence-electron chi connectivity index (χ3n) is 5.42. The van der Waals surface area contributed by atoms with Crippen molar-refractivity contribution in [3.8, 4) is 5.75 Å². The van der Waals surface area contributed by atoms with Crippen molar-refractivity contribution in [3.63, 3.8) is 0 Å². The van der Waals surface area contributed by atoms with Crippen molar-refractivity contribution < 1.29 is 4.74 Å². The van der Waals surface area contributed by atoms with Gasteiger partial charge in [0.05, 0.1) is 11.7 Å². The van der Waals surface area contributed by atoms with Gasteiger partial charge in [-0.1, -0.05) is 6.42 Å². The van der Waals surface area contributed by atoms with Gasteiger partial charge in [-0.15, -0.1) is 0 Å². The van der Waals surface area contributed by atoms with Gasteiger partial charge in [-0.2, -0.15) is 0 Å². The van der Waals surface area contributed by atoms with Gasteiger partial charge in [0, 0.05) is 5.69 Å². The summed E-state index contributed by atoms with van der Waals surface area (Å²) < 4.78 is 5.77. The van der Waals surface area contributed by atoms with Gasteiger partial charge < -0.3 is 15.8 Å². The molecule has 0 aromatic heterocycles. The summed E-state index contributed by atoms with van der Waals surface area (Å²) in [4.78, 5) is 4.90. The fraction of sp³-hybridized carbons (Fsp3) is 0.588.